The van der Waals surface area contributed by atoms with Crippen molar-refractivity contribution in [1.82, 2.24) is 10.6 Å². The molecule has 0 bridgehead atoms. The topological polar surface area (TPSA) is 59.6 Å². The van der Waals surface area contributed by atoms with E-state index in [0.29, 0.717) is 18.0 Å². The molecule has 2 rings (SSSR count). The van der Waals surface area contributed by atoms with Crippen LogP contribution in [-0.2, 0) is 17.9 Å². The van der Waals surface area contributed by atoms with Crippen molar-refractivity contribution in [3.8, 4) is 11.5 Å². The molecule has 0 spiro atoms. The van der Waals surface area contributed by atoms with E-state index in [0.717, 1.165) is 24.2 Å². The first kappa shape index (κ1) is 17.8. The second-order valence-electron chi connectivity index (χ2n) is 5.32. The molecular weight excluding hydrogens is 304 g/mol. The van der Waals surface area contributed by atoms with Gasteiger partial charge in [0.1, 0.15) is 0 Å². The lowest BCUT2D eigenvalue weighted by Gasteiger charge is -2.12. The molecule has 24 heavy (non-hydrogen) atoms. The van der Waals surface area contributed by atoms with Crippen LogP contribution in [0.25, 0.3) is 0 Å². The highest BCUT2D eigenvalue weighted by molar-refractivity contribution is 5.77. The molecule has 5 nitrogen and oxygen atoms in total. The molecule has 2 N–H and O–H groups in total. The van der Waals surface area contributed by atoms with Gasteiger partial charge in [-0.25, -0.2) is 0 Å². The predicted octanol–water partition coefficient (Wildman–Crippen LogP) is 2.50. The molecule has 0 aliphatic heterocycles. The lowest BCUT2D eigenvalue weighted by Crippen LogP contribution is -2.28. The van der Waals surface area contributed by atoms with Gasteiger partial charge in [0.05, 0.1) is 7.11 Å². The van der Waals surface area contributed by atoms with Crippen molar-refractivity contribution in [3.05, 3.63) is 59.7 Å². The Kier molecular flexibility index (Phi) is 7.11. The third-order valence-corrected chi connectivity index (χ3v) is 3.50. The normalized spacial score (nSPS) is 10.2. The Bertz CT molecular complexity index is 644. The quantitative estimate of drug-likeness (QED) is 0.742. The fraction of sp³-hybridized carbons (Fsp3) is 0.316. The van der Waals surface area contributed by atoms with Gasteiger partial charge in [-0.15, -0.1) is 0 Å². The first-order valence-corrected chi connectivity index (χ1v) is 8.04. The highest BCUT2D eigenvalue weighted by atomic mass is 16.5. The summed E-state index contributed by atoms with van der Waals surface area (Å²) < 4.78 is 10.9. The molecule has 0 unspecified atom stereocenters. The van der Waals surface area contributed by atoms with Crippen molar-refractivity contribution in [2.45, 2.75) is 20.0 Å². The molecule has 0 radical (unpaired) electrons. The van der Waals surface area contributed by atoms with Crippen LogP contribution in [0.2, 0.25) is 0 Å². The van der Waals surface area contributed by atoms with Crippen LogP contribution in [-0.4, -0.2) is 26.2 Å². The van der Waals surface area contributed by atoms with Crippen LogP contribution < -0.4 is 20.1 Å². The molecule has 2 aromatic rings. The van der Waals surface area contributed by atoms with E-state index < -0.39 is 0 Å². The number of hydrogen-bond donors (Lipinski definition) is 2. The minimum Gasteiger partial charge on any atom is -0.493 e. The molecule has 128 valence electrons. The zero-order chi connectivity index (χ0) is 17.2. The van der Waals surface area contributed by atoms with Crippen LogP contribution in [0.3, 0.4) is 0 Å². The van der Waals surface area contributed by atoms with Crippen LogP contribution in [0.1, 0.15) is 18.1 Å². The lowest BCUT2D eigenvalue weighted by molar-refractivity contribution is -0.123. The summed E-state index contributed by atoms with van der Waals surface area (Å²) >= 11 is 0. The average molecular weight is 328 g/mol. The van der Waals surface area contributed by atoms with E-state index in [4.69, 9.17) is 9.47 Å². The predicted molar refractivity (Wildman–Crippen MR) is 94.2 cm³/mol. The Morgan fingerprint density at radius 2 is 1.79 bits per heavy atom. The summed E-state index contributed by atoms with van der Waals surface area (Å²) in [4.78, 5) is 11.9. The fourth-order valence-electron chi connectivity index (χ4n) is 2.20. The minimum absolute atomic E-state index is 0.0459. The van der Waals surface area contributed by atoms with Gasteiger partial charge in [-0.2, -0.15) is 0 Å². The highest BCUT2D eigenvalue weighted by Crippen LogP contribution is 2.28. The number of benzene rings is 2. The zero-order valence-electron chi connectivity index (χ0n) is 14.2. The van der Waals surface area contributed by atoms with Crippen LogP contribution >= 0.6 is 0 Å². The van der Waals surface area contributed by atoms with Crippen LogP contribution in [0.4, 0.5) is 0 Å². The second-order valence-corrected chi connectivity index (χ2v) is 5.32. The minimum atomic E-state index is -0.169. The SMILES string of the molecule is CCNCc1ccc(OCC(=O)NCc2ccccc2)c(OC)c1. The third kappa shape index (κ3) is 5.59. The summed E-state index contributed by atoms with van der Waals surface area (Å²) in [6.45, 7) is 4.17. The summed E-state index contributed by atoms with van der Waals surface area (Å²) in [5, 5.41) is 6.09. The molecule has 0 atom stereocenters. The Labute approximate surface area is 143 Å². The van der Waals surface area contributed by atoms with Crippen molar-refractivity contribution in [1.29, 1.82) is 0 Å². The van der Waals surface area contributed by atoms with Crippen molar-refractivity contribution < 1.29 is 14.3 Å². The number of rotatable bonds is 9. The summed E-state index contributed by atoms with van der Waals surface area (Å²) in [6, 6.07) is 15.5. The number of carbonyl (C=O) groups excluding carboxylic acids is 1. The molecule has 0 heterocycles. The number of ether oxygens (including phenoxy) is 2. The standard InChI is InChI=1S/C19H24N2O3/c1-3-20-12-16-9-10-17(18(11-16)23-2)24-14-19(22)21-13-15-7-5-4-6-8-15/h4-11,20H,3,12-14H2,1-2H3,(H,21,22). The van der Waals surface area contributed by atoms with E-state index in [1.807, 2.05) is 48.5 Å². The summed E-state index contributed by atoms with van der Waals surface area (Å²) in [6.07, 6.45) is 0. The van der Waals surface area contributed by atoms with Gasteiger partial charge >= 0.3 is 0 Å². The van der Waals surface area contributed by atoms with Gasteiger partial charge in [-0.05, 0) is 29.8 Å². The molecule has 2 aromatic carbocycles. The molecule has 0 aliphatic rings. The van der Waals surface area contributed by atoms with E-state index in [-0.39, 0.29) is 12.5 Å². The van der Waals surface area contributed by atoms with E-state index in [1.54, 1.807) is 7.11 Å². The van der Waals surface area contributed by atoms with Crippen LogP contribution in [0, 0.1) is 0 Å². The molecule has 5 heteroatoms. The largest absolute Gasteiger partial charge is 0.493 e. The molecule has 0 saturated carbocycles. The Hall–Kier alpha value is -2.53. The van der Waals surface area contributed by atoms with Crippen molar-refractivity contribution >= 4 is 5.91 Å². The van der Waals surface area contributed by atoms with E-state index in [2.05, 4.69) is 17.6 Å². The van der Waals surface area contributed by atoms with Gasteiger partial charge < -0.3 is 20.1 Å². The van der Waals surface area contributed by atoms with Crippen molar-refractivity contribution in [3.63, 3.8) is 0 Å². The maximum absolute atomic E-state index is 11.9. The Morgan fingerprint density at radius 1 is 1.00 bits per heavy atom. The first-order valence-electron chi connectivity index (χ1n) is 8.04. The molecular formula is C19H24N2O3. The van der Waals surface area contributed by atoms with E-state index in [1.165, 1.54) is 0 Å². The lowest BCUT2D eigenvalue weighted by atomic mass is 10.2. The van der Waals surface area contributed by atoms with Crippen molar-refractivity contribution in [2.75, 3.05) is 20.3 Å². The number of nitrogens with one attached hydrogen (secondary N) is 2. The number of methoxy groups -OCH3 is 1. The molecule has 0 saturated heterocycles. The van der Waals surface area contributed by atoms with E-state index >= 15 is 0 Å². The Morgan fingerprint density at radius 3 is 2.50 bits per heavy atom. The Balaban J connectivity index is 1.85. The van der Waals surface area contributed by atoms with Gasteiger partial charge in [-0.3, -0.25) is 4.79 Å². The van der Waals surface area contributed by atoms with E-state index in [9.17, 15) is 4.79 Å². The summed E-state index contributed by atoms with van der Waals surface area (Å²) in [7, 11) is 1.59. The van der Waals surface area contributed by atoms with Crippen LogP contribution in [0.15, 0.2) is 48.5 Å². The van der Waals surface area contributed by atoms with Gasteiger partial charge in [-0.1, -0.05) is 43.3 Å². The third-order valence-electron chi connectivity index (χ3n) is 3.50. The first-order chi connectivity index (χ1) is 11.7. The smallest absolute Gasteiger partial charge is 0.258 e. The average Bonchev–Trinajstić information content (AvgIpc) is 2.64. The van der Waals surface area contributed by atoms with Gasteiger partial charge in [0.2, 0.25) is 0 Å². The maximum Gasteiger partial charge on any atom is 0.258 e. The summed E-state index contributed by atoms with van der Waals surface area (Å²) in [5.74, 6) is 1.02. The molecule has 1 amide bonds. The number of hydrogen-bond acceptors (Lipinski definition) is 4. The monoisotopic (exact) mass is 328 g/mol. The fourth-order valence-corrected chi connectivity index (χ4v) is 2.20. The summed E-state index contributed by atoms with van der Waals surface area (Å²) in [5.41, 5.74) is 2.16. The zero-order valence-corrected chi connectivity index (χ0v) is 14.2. The van der Waals surface area contributed by atoms with Crippen LogP contribution in [0.5, 0.6) is 11.5 Å². The van der Waals surface area contributed by atoms with Gasteiger partial charge in [0, 0.05) is 13.1 Å². The number of carbonyl (C=O) groups is 1. The second kappa shape index (κ2) is 9.57. The highest BCUT2D eigenvalue weighted by Gasteiger charge is 2.08. The molecule has 0 fully saturated rings. The maximum atomic E-state index is 11.9. The van der Waals surface area contributed by atoms with Gasteiger partial charge in [0.15, 0.2) is 18.1 Å². The molecule has 0 aliphatic carbocycles. The number of amides is 1. The molecule has 0 aromatic heterocycles. The van der Waals surface area contributed by atoms with Gasteiger partial charge in [0.25, 0.3) is 5.91 Å². The van der Waals surface area contributed by atoms with Crippen molar-refractivity contribution in [2.24, 2.45) is 0 Å².